The molecule has 0 saturated carbocycles. The molecule has 0 aromatic rings. The molecule has 0 unspecified atom stereocenters. The van der Waals surface area contributed by atoms with E-state index >= 15 is 0 Å². The Morgan fingerprint density at radius 3 is 2.91 bits per heavy atom. The number of nitrogens with one attached hydrogen (secondary N) is 1. The Morgan fingerprint density at radius 2 is 2.27 bits per heavy atom. The molecule has 64 valence electrons. The van der Waals surface area contributed by atoms with Gasteiger partial charge >= 0.3 is 0 Å². The van der Waals surface area contributed by atoms with Crippen molar-refractivity contribution in [1.29, 1.82) is 0 Å². The molecule has 2 heteroatoms. The van der Waals surface area contributed by atoms with Gasteiger partial charge in [-0.15, -0.1) is 0 Å². The Balaban J connectivity index is 2.60. The van der Waals surface area contributed by atoms with Crippen LogP contribution < -0.4 is 5.32 Å². The number of hydrogen-bond acceptors (Lipinski definition) is 2. The lowest BCUT2D eigenvalue weighted by molar-refractivity contribution is 0.424. The summed E-state index contributed by atoms with van der Waals surface area (Å²) in [6, 6.07) is 0. The van der Waals surface area contributed by atoms with Crippen LogP contribution in [0.25, 0.3) is 0 Å². The van der Waals surface area contributed by atoms with Crippen molar-refractivity contribution in [3.63, 3.8) is 0 Å². The van der Waals surface area contributed by atoms with E-state index in [9.17, 15) is 0 Å². The van der Waals surface area contributed by atoms with Crippen molar-refractivity contribution >= 4 is 5.84 Å². The highest BCUT2D eigenvalue weighted by molar-refractivity contribution is 5.82. The average Bonchev–Trinajstić information content (AvgIpc) is 2.10. The van der Waals surface area contributed by atoms with E-state index in [1.54, 1.807) is 0 Å². The topological polar surface area (TPSA) is 24.4 Å². The Kier molecular flexibility index (Phi) is 2.53. The summed E-state index contributed by atoms with van der Waals surface area (Å²) in [4.78, 5) is 4.44. The molecule has 2 nitrogen and oxygen atoms in total. The maximum absolute atomic E-state index is 4.44. The first-order valence-electron chi connectivity index (χ1n) is 4.45. The molecule has 0 radical (unpaired) electrons. The van der Waals surface area contributed by atoms with Gasteiger partial charge in [-0.25, -0.2) is 0 Å². The van der Waals surface area contributed by atoms with Gasteiger partial charge in [-0.3, -0.25) is 4.99 Å². The highest BCUT2D eigenvalue weighted by Crippen LogP contribution is 2.14. The summed E-state index contributed by atoms with van der Waals surface area (Å²) >= 11 is 0. The molecule has 1 heterocycles. The molecule has 0 aromatic carbocycles. The van der Waals surface area contributed by atoms with Crippen LogP contribution in [0, 0.1) is 0 Å². The zero-order chi connectivity index (χ0) is 8.32. The van der Waals surface area contributed by atoms with Crippen LogP contribution in [0.3, 0.4) is 0 Å². The first kappa shape index (κ1) is 8.57. The Morgan fingerprint density at radius 1 is 1.55 bits per heavy atom. The molecule has 0 aliphatic carbocycles. The van der Waals surface area contributed by atoms with E-state index in [-0.39, 0.29) is 5.54 Å². The fourth-order valence-corrected chi connectivity index (χ4v) is 1.43. The van der Waals surface area contributed by atoms with Crippen molar-refractivity contribution in [1.82, 2.24) is 5.32 Å². The van der Waals surface area contributed by atoms with Crippen LogP contribution in [0.2, 0.25) is 0 Å². The van der Waals surface area contributed by atoms with Crippen LogP contribution in [-0.2, 0) is 0 Å². The molecule has 11 heavy (non-hydrogen) atoms. The standard InChI is InChI=1S/C9H18N2/c1-4-8-10-7-5-6-9(2,3)11-8/h4-7H2,1-3H3,(H,10,11). The Labute approximate surface area is 69.1 Å². The molecule has 1 aliphatic rings. The summed E-state index contributed by atoms with van der Waals surface area (Å²) in [6.45, 7) is 7.62. The molecule has 0 fully saturated rings. The Hall–Kier alpha value is -0.530. The van der Waals surface area contributed by atoms with E-state index in [1.807, 2.05) is 0 Å². The number of hydrogen-bond donors (Lipinski definition) is 1. The average molecular weight is 154 g/mol. The smallest absolute Gasteiger partial charge is 0.0964 e. The summed E-state index contributed by atoms with van der Waals surface area (Å²) in [6.07, 6.45) is 3.47. The number of amidine groups is 1. The van der Waals surface area contributed by atoms with E-state index in [4.69, 9.17) is 0 Å². The van der Waals surface area contributed by atoms with Crippen molar-refractivity contribution in [3.05, 3.63) is 0 Å². The lowest BCUT2D eigenvalue weighted by Gasteiger charge is -2.25. The number of aliphatic imine (C=N–C) groups is 1. The maximum atomic E-state index is 4.44. The van der Waals surface area contributed by atoms with Gasteiger partial charge < -0.3 is 5.32 Å². The van der Waals surface area contributed by atoms with Gasteiger partial charge in [-0.05, 0) is 26.7 Å². The molecule has 0 saturated heterocycles. The van der Waals surface area contributed by atoms with Gasteiger partial charge in [0.2, 0.25) is 0 Å². The molecule has 1 rings (SSSR count). The Bertz CT molecular complexity index is 159. The zero-order valence-electron chi connectivity index (χ0n) is 7.78. The lowest BCUT2D eigenvalue weighted by Crippen LogP contribution is -2.41. The summed E-state index contributed by atoms with van der Waals surface area (Å²) < 4.78 is 0. The van der Waals surface area contributed by atoms with Gasteiger partial charge in [0.05, 0.1) is 5.84 Å². The first-order valence-corrected chi connectivity index (χ1v) is 4.45. The molecule has 0 atom stereocenters. The second-order valence-corrected chi connectivity index (χ2v) is 3.79. The SMILES string of the molecule is CCC1=NCCCC(C)(C)N1. The summed E-state index contributed by atoms with van der Waals surface area (Å²) in [7, 11) is 0. The third-order valence-corrected chi connectivity index (χ3v) is 2.08. The molecule has 0 aromatic heterocycles. The van der Waals surface area contributed by atoms with E-state index in [2.05, 4.69) is 31.1 Å². The molecule has 0 bridgehead atoms. The third-order valence-electron chi connectivity index (χ3n) is 2.08. The normalized spacial score (nSPS) is 23.4. The highest BCUT2D eigenvalue weighted by atomic mass is 15.1. The lowest BCUT2D eigenvalue weighted by atomic mass is 9.99. The third kappa shape index (κ3) is 2.52. The minimum atomic E-state index is 0.255. The van der Waals surface area contributed by atoms with E-state index in [0.29, 0.717) is 0 Å². The fraction of sp³-hybridized carbons (Fsp3) is 0.889. The van der Waals surface area contributed by atoms with Crippen molar-refractivity contribution in [3.8, 4) is 0 Å². The minimum absolute atomic E-state index is 0.255. The van der Waals surface area contributed by atoms with E-state index in [0.717, 1.165) is 13.0 Å². The predicted molar refractivity (Wildman–Crippen MR) is 49.0 cm³/mol. The monoisotopic (exact) mass is 154 g/mol. The zero-order valence-corrected chi connectivity index (χ0v) is 7.78. The summed E-state index contributed by atoms with van der Waals surface area (Å²) in [5.74, 6) is 1.17. The first-order chi connectivity index (χ1) is 5.14. The number of rotatable bonds is 1. The van der Waals surface area contributed by atoms with Crippen LogP contribution in [0.4, 0.5) is 0 Å². The molecular weight excluding hydrogens is 136 g/mol. The van der Waals surface area contributed by atoms with E-state index in [1.165, 1.54) is 18.7 Å². The fourth-order valence-electron chi connectivity index (χ4n) is 1.43. The van der Waals surface area contributed by atoms with Gasteiger partial charge in [0.25, 0.3) is 0 Å². The largest absolute Gasteiger partial charge is 0.369 e. The molecule has 1 aliphatic heterocycles. The van der Waals surface area contributed by atoms with Crippen LogP contribution in [0.5, 0.6) is 0 Å². The second kappa shape index (κ2) is 3.24. The van der Waals surface area contributed by atoms with Gasteiger partial charge in [0, 0.05) is 18.5 Å². The van der Waals surface area contributed by atoms with Crippen molar-refractivity contribution < 1.29 is 0 Å². The highest BCUT2D eigenvalue weighted by Gasteiger charge is 2.19. The van der Waals surface area contributed by atoms with Crippen molar-refractivity contribution in [2.45, 2.75) is 45.6 Å². The van der Waals surface area contributed by atoms with Crippen molar-refractivity contribution in [2.24, 2.45) is 4.99 Å². The summed E-state index contributed by atoms with van der Waals surface area (Å²) in [5.41, 5.74) is 0.255. The quantitative estimate of drug-likeness (QED) is 0.613. The van der Waals surface area contributed by atoms with Crippen LogP contribution in [-0.4, -0.2) is 17.9 Å². The van der Waals surface area contributed by atoms with Crippen LogP contribution in [0.15, 0.2) is 4.99 Å². The molecule has 1 N–H and O–H groups in total. The van der Waals surface area contributed by atoms with Crippen LogP contribution >= 0.6 is 0 Å². The summed E-state index contributed by atoms with van der Waals surface area (Å²) in [5, 5.41) is 3.45. The van der Waals surface area contributed by atoms with E-state index < -0.39 is 0 Å². The van der Waals surface area contributed by atoms with Crippen molar-refractivity contribution in [2.75, 3.05) is 6.54 Å². The molecule has 0 amide bonds. The van der Waals surface area contributed by atoms with Gasteiger partial charge in [-0.2, -0.15) is 0 Å². The molecule has 0 spiro atoms. The predicted octanol–water partition coefficient (Wildman–Crippen LogP) is 1.96. The number of nitrogens with zero attached hydrogens (tertiary/aromatic N) is 1. The van der Waals surface area contributed by atoms with Gasteiger partial charge in [0.15, 0.2) is 0 Å². The second-order valence-electron chi connectivity index (χ2n) is 3.79. The minimum Gasteiger partial charge on any atom is -0.369 e. The maximum Gasteiger partial charge on any atom is 0.0964 e. The van der Waals surface area contributed by atoms with Gasteiger partial charge in [-0.1, -0.05) is 6.92 Å². The van der Waals surface area contributed by atoms with Gasteiger partial charge in [0.1, 0.15) is 0 Å². The molecular formula is C9H18N2. The van der Waals surface area contributed by atoms with Crippen LogP contribution in [0.1, 0.15) is 40.0 Å².